The number of aliphatic hydroxyl groups is 1. The number of aromatic nitrogens is 2. The van der Waals surface area contributed by atoms with Gasteiger partial charge in [-0.3, -0.25) is 9.59 Å². The molecule has 1 aromatic heterocycles. The van der Waals surface area contributed by atoms with Gasteiger partial charge in [0.25, 0.3) is 5.91 Å². The second-order valence-corrected chi connectivity index (χ2v) is 9.96. The molecular weight excluding hydrogens is 477 g/mol. The van der Waals surface area contributed by atoms with Gasteiger partial charge in [0, 0.05) is 18.1 Å². The average Bonchev–Trinajstić information content (AvgIpc) is 3.10. The second-order valence-electron chi connectivity index (χ2n) is 9.18. The number of aliphatic carboxylic acids is 1. The Labute approximate surface area is 209 Å². The van der Waals surface area contributed by atoms with Crippen LogP contribution in [0, 0.1) is 23.7 Å². The molecule has 1 heterocycles. The van der Waals surface area contributed by atoms with Gasteiger partial charge in [-0.2, -0.15) is 0 Å². The Morgan fingerprint density at radius 2 is 1.82 bits per heavy atom. The predicted octanol–water partition coefficient (Wildman–Crippen LogP) is 4.18. The van der Waals surface area contributed by atoms with E-state index in [-0.39, 0.29) is 34.4 Å². The highest BCUT2D eigenvalue weighted by Crippen LogP contribution is 2.28. The van der Waals surface area contributed by atoms with E-state index in [9.17, 15) is 19.8 Å². The summed E-state index contributed by atoms with van der Waals surface area (Å²) in [5.74, 6) is 4.30. The van der Waals surface area contributed by atoms with Gasteiger partial charge >= 0.3 is 5.97 Å². The van der Waals surface area contributed by atoms with Crippen molar-refractivity contribution in [3.05, 3.63) is 51.5 Å². The fourth-order valence-electron chi connectivity index (χ4n) is 3.99. The number of benzene rings is 1. The molecule has 0 bridgehead atoms. The minimum absolute atomic E-state index is 0.140. The summed E-state index contributed by atoms with van der Waals surface area (Å²) in [7, 11) is 0. The summed E-state index contributed by atoms with van der Waals surface area (Å²) in [6, 6.07) is 7.43. The SMILES string of the molecule is CC(C)(O)C#Cc1nc(Cl)n(CCc2ccc(Cl)cc2)c1C(=O)NCC1CCC(C(=O)O)CC1. The second kappa shape index (κ2) is 11.3. The molecule has 0 atom stereocenters. The van der Waals surface area contributed by atoms with Crippen LogP contribution >= 0.6 is 23.2 Å². The zero-order valence-corrected chi connectivity index (χ0v) is 20.8. The van der Waals surface area contributed by atoms with Crippen LogP contribution in [-0.4, -0.2) is 43.8 Å². The number of carbonyl (C=O) groups is 2. The molecule has 1 aromatic carbocycles. The number of nitrogens with one attached hydrogen (secondary N) is 1. The molecule has 1 aliphatic carbocycles. The molecule has 1 amide bonds. The third-order valence-corrected chi connectivity index (χ3v) is 6.45. The molecule has 1 saturated carbocycles. The monoisotopic (exact) mass is 505 g/mol. The van der Waals surface area contributed by atoms with Gasteiger partial charge in [0.05, 0.1) is 5.92 Å². The van der Waals surface area contributed by atoms with Crippen molar-refractivity contribution in [3.8, 4) is 11.8 Å². The first kappa shape index (κ1) is 26.1. The fourth-order valence-corrected chi connectivity index (χ4v) is 4.36. The van der Waals surface area contributed by atoms with E-state index in [4.69, 9.17) is 23.2 Å². The molecular formula is C25H29Cl2N3O4. The lowest BCUT2D eigenvalue weighted by Crippen LogP contribution is -2.34. The summed E-state index contributed by atoms with van der Waals surface area (Å²) in [6.45, 7) is 3.94. The third kappa shape index (κ3) is 7.23. The maximum Gasteiger partial charge on any atom is 0.306 e. The maximum atomic E-state index is 13.2. The van der Waals surface area contributed by atoms with Crippen molar-refractivity contribution in [1.29, 1.82) is 0 Å². The van der Waals surface area contributed by atoms with E-state index in [0.717, 1.165) is 18.4 Å². The van der Waals surface area contributed by atoms with Gasteiger partial charge in [-0.15, -0.1) is 0 Å². The number of imidazole rings is 1. The van der Waals surface area contributed by atoms with Gasteiger partial charge in [0.1, 0.15) is 17.0 Å². The highest BCUT2D eigenvalue weighted by molar-refractivity contribution is 6.30. The van der Waals surface area contributed by atoms with Crippen LogP contribution in [0.3, 0.4) is 0 Å². The van der Waals surface area contributed by atoms with Crippen LogP contribution < -0.4 is 5.32 Å². The van der Waals surface area contributed by atoms with Crippen molar-refractivity contribution in [2.24, 2.45) is 11.8 Å². The summed E-state index contributed by atoms with van der Waals surface area (Å²) in [4.78, 5) is 28.7. The Balaban J connectivity index is 1.77. The van der Waals surface area contributed by atoms with Crippen molar-refractivity contribution < 1.29 is 19.8 Å². The molecule has 34 heavy (non-hydrogen) atoms. The van der Waals surface area contributed by atoms with E-state index in [1.54, 1.807) is 30.5 Å². The van der Waals surface area contributed by atoms with Crippen LogP contribution in [0.1, 0.15) is 61.3 Å². The van der Waals surface area contributed by atoms with Crippen molar-refractivity contribution in [2.75, 3.05) is 6.54 Å². The molecule has 182 valence electrons. The zero-order chi connectivity index (χ0) is 24.9. The third-order valence-electron chi connectivity index (χ3n) is 5.91. The first-order chi connectivity index (χ1) is 16.0. The molecule has 0 radical (unpaired) electrons. The number of aryl methyl sites for hydroxylation is 1. The molecule has 7 nitrogen and oxygen atoms in total. The topological polar surface area (TPSA) is 104 Å². The van der Waals surface area contributed by atoms with E-state index in [0.29, 0.717) is 37.4 Å². The molecule has 2 aromatic rings. The normalized spacial score (nSPS) is 18.1. The molecule has 1 aliphatic rings. The Kier molecular flexibility index (Phi) is 8.64. The maximum absolute atomic E-state index is 13.2. The lowest BCUT2D eigenvalue weighted by atomic mass is 9.82. The first-order valence-electron chi connectivity index (χ1n) is 11.3. The largest absolute Gasteiger partial charge is 0.481 e. The molecule has 9 heteroatoms. The number of nitrogens with zero attached hydrogens (tertiary/aromatic N) is 2. The number of carbonyl (C=O) groups excluding carboxylic acids is 1. The number of amides is 1. The Bertz CT molecular complexity index is 1090. The van der Waals surface area contributed by atoms with E-state index >= 15 is 0 Å². The zero-order valence-electron chi connectivity index (χ0n) is 19.3. The molecule has 0 saturated heterocycles. The van der Waals surface area contributed by atoms with Crippen LogP contribution in [0.5, 0.6) is 0 Å². The number of carboxylic acid groups (broad SMARTS) is 1. The summed E-state index contributed by atoms with van der Waals surface area (Å²) < 4.78 is 1.63. The van der Waals surface area contributed by atoms with Gasteiger partial charge in [-0.25, -0.2) is 4.98 Å². The van der Waals surface area contributed by atoms with Crippen LogP contribution in [0.2, 0.25) is 10.3 Å². The van der Waals surface area contributed by atoms with Crippen molar-refractivity contribution in [1.82, 2.24) is 14.9 Å². The summed E-state index contributed by atoms with van der Waals surface area (Å²) in [6.07, 6.45) is 3.33. The number of hydrogen-bond donors (Lipinski definition) is 3. The minimum Gasteiger partial charge on any atom is -0.481 e. The van der Waals surface area contributed by atoms with Crippen LogP contribution in [0.4, 0.5) is 0 Å². The molecule has 1 fully saturated rings. The van der Waals surface area contributed by atoms with Crippen molar-refractivity contribution in [3.63, 3.8) is 0 Å². The van der Waals surface area contributed by atoms with Gasteiger partial charge in [0.15, 0.2) is 0 Å². The molecule has 0 spiro atoms. The van der Waals surface area contributed by atoms with Crippen LogP contribution in [0.25, 0.3) is 0 Å². The summed E-state index contributed by atoms with van der Waals surface area (Å²) in [5.41, 5.74) is 0.223. The smallest absolute Gasteiger partial charge is 0.306 e. The highest BCUT2D eigenvalue weighted by atomic mass is 35.5. The number of hydrogen-bond acceptors (Lipinski definition) is 4. The summed E-state index contributed by atoms with van der Waals surface area (Å²) in [5, 5.41) is 22.9. The number of carboxylic acids is 1. The van der Waals surface area contributed by atoms with Gasteiger partial charge in [0.2, 0.25) is 5.28 Å². The molecule has 0 unspecified atom stereocenters. The quantitative estimate of drug-likeness (QED) is 0.489. The number of halogens is 2. The lowest BCUT2D eigenvalue weighted by molar-refractivity contribution is -0.143. The molecule has 3 rings (SSSR count). The lowest BCUT2D eigenvalue weighted by Gasteiger charge is -2.26. The van der Waals surface area contributed by atoms with Gasteiger partial charge in [-0.05, 0) is 87.1 Å². The summed E-state index contributed by atoms with van der Waals surface area (Å²) >= 11 is 12.4. The Morgan fingerprint density at radius 1 is 1.18 bits per heavy atom. The number of rotatable bonds is 7. The fraction of sp³-hybridized carbons (Fsp3) is 0.480. The van der Waals surface area contributed by atoms with Crippen LogP contribution in [0.15, 0.2) is 24.3 Å². The van der Waals surface area contributed by atoms with Gasteiger partial charge in [-0.1, -0.05) is 29.7 Å². The minimum atomic E-state index is -1.25. The van der Waals surface area contributed by atoms with Crippen molar-refractivity contribution in [2.45, 2.75) is 58.1 Å². The van der Waals surface area contributed by atoms with Gasteiger partial charge < -0.3 is 20.1 Å². The Hall–Kier alpha value is -2.53. The van der Waals surface area contributed by atoms with E-state index in [1.165, 1.54) is 0 Å². The van der Waals surface area contributed by atoms with E-state index in [1.807, 2.05) is 12.1 Å². The highest BCUT2D eigenvalue weighted by Gasteiger charge is 2.27. The molecule has 3 N–H and O–H groups in total. The molecule has 0 aliphatic heterocycles. The standard InChI is InChI=1S/C25H29Cl2N3O4/c1-25(2,34)13-11-20-21(22(31)28-15-17-3-7-18(8-4-17)23(32)33)30(24(27)29-20)14-12-16-5-9-19(26)10-6-16/h5-6,9-10,17-18,34H,3-4,7-8,12,14-15H2,1-2H3,(H,28,31)(H,32,33). The van der Waals surface area contributed by atoms with E-state index < -0.39 is 11.6 Å². The van der Waals surface area contributed by atoms with E-state index in [2.05, 4.69) is 22.1 Å². The predicted molar refractivity (Wildman–Crippen MR) is 131 cm³/mol. The first-order valence-corrected chi connectivity index (χ1v) is 12.1. The van der Waals surface area contributed by atoms with Crippen LogP contribution in [-0.2, 0) is 17.8 Å². The van der Waals surface area contributed by atoms with Crippen molar-refractivity contribution >= 4 is 35.1 Å². The average molecular weight is 506 g/mol. The Morgan fingerprint density at radius 3 is 2.41 bits per heavy atom.